The van der Waals surface area contributed by atoms with Gasteiger partial charge in [-0.2, -0.15) is 0 Å². The summed E-state index contributed by atoms with van der Waals surface area (Å²) in [4.78, 5) is 3.95. The number of unbranched alkanes of at least 4 members (excludes halogenated alkanes) is 3. The SMILES string of the molecule is CCCCCCN=C(/C=N/O)NO. The molecule has 5 nitrogen and oxygen atoms in total. The number of hydroxylamine groups is 1. The highest BCUT2D eigenvalue weighted by Gasteiger charge is 1.91. The minimum absolute atomic E-state index is 0.180. The Labute approximate surface area is 78.1 Å². The first kappa shape index (κ1) is 11.9. The smallest absolute Gasteiger partial charge is 0.166 e. The molecule has 0 saturated carbocycles. The molecule has 0 radical (unpaired) electrons. The van der Waals surface area contributed by atoms with Crippen LogP contribution in [0.3, 0.4) is 0 Å². The Bertz CT molecular complexity index is 169. The van der Waals surface area contributed by atoms with Crippen molar-refractivity contribution in [3.05, 3.63) is 0 Å². The summed E-state index contributed by atoms with van der Waals surface area (Å²) in [5, 5.41) is 19.4. The maximum absolute atomic E-state index is 8.48. The summed E-state index contributed by atoms with van der Waals surface area (Å²) in [7, 11) is 0. The summed E-state index contributed by atoms with van der Waals surface area (Å²) in [6, 6.07) is 0. The number of amidine groups is 1. The number of nitrogens with one attached hydrogen (secondary N) is 1. The first-order chi connectivity index (χ1) is 6.35. The van der Waals surface area contributed by atoms with Crippen LogP contribution < -0.4 is 5.48 Å². The van der Waals surface area contributed by atoms with Crippen molar-refractivity contribution in [3.8, 4) is 0 Å². The zero-order valence-corrected chi connectivity index (χ0v) is 7.90. The van der Waals surface area contributed by atoms with E-state index in [2.05, 4.69) is 17.1 Å². The second kappa shape index (κ2) is 8.99. The van der Waals surface area contributed by atoms with Crippen molar-refractivity contribution in [2.24, 2.45) is 10.1 Å². The highest BCUT2D eigenvalue weighted by Crippen LogP contribution is 1.98. The molecular formula is C8H17N3O2. The lowest BCUT2D eigenvalue weighted by atomic mass is 10.2. The molecule has 0 amide bonds. The number of nitrogens with zero attached hydrogens (tertiary/aromatic N) is 2. The Morgan fingerprint density at radius 3 is 2.69 bits per heavy atom. The van der Waals surface area contributed by atoms with Crippen LogP contribution in [0.1, 0.15) is 32.6 Å². The van der Waals surface area contributed by atoms with Crippen LogP contribution in [0.15, 0.2) is 10.1 Å². The molecule has 76 valence electrons. The van der Waals surface area contributed by atoms with Crippen molar-refractivity contribution in [2.75, 3.05) is 6.54 Å². The van der Waals surface area contributed by atoms with Crippen LogP contribution in [-0.4, -0.2) is 29.0 Å². The van der Waals surface area contributed by atoms with Gasteiger partial charge in [-0.1, -0.05) is 31.3 Å². The Morgan fingerprint density at radius 1 is 1.38 bits per heavy atom. The van der Waals surface area contributed by atoms with Gasteiger partial charge in [-0.3, -0.25) is 15.7 Å². The summed E-state index contributed by atoms with van der Waals surface area (Å²) in [5.41, 5.74) is 1.83. The highest BCUT2D eigenvalue weighted by atomic mass is 16.5. The molecule has 0 aromatic carbocycles. The maximum atomic E-state index is 8.48. The van der Waals surface area contributed by atoms with Gasteiger partial charge in [-0.25, -0.2) is 0 Å². The van der Waals surface area contributed by atoms with Gasteiger partial charge < -0.3 is 5.21 Å². The average Bonchev–Trinajstić information content (AvgIpc) is 2.16. The van der Waals surface area contributed by atoms with E-state index < -0.39 is 0 Å². The van der Waals surface area contributed by atoms with Crippen molar-refractivity contribution in [1.82, 2.24) is 5.48 Å². The van der Waals surface area contributed by atoms with E-state index in [0.29, 0.717) is 6.54 Å². The normalized spacial score (nSPS) is 12.3. The molecule has 0 atom stereocenters. The minimum Gasteiger partial charge on any atom is -0.411 e. The third-order valence-electron chi connectivity index (χ3n) is 1.59. The third-order valence-corrected chi connectivity index (χ3v) is 1.59. The first-order valence-corrected chi connectivity index (χ1v) is 4.47. The Hall–Kier alpha value is -1.10. The Kier molecular flexibility index (Phi) is 8.23. The number of hydrogen-bond acceptors (Lipinski definition) is 4. The second-order valence-electron chi connectivity index (χ2n) is 2.68. The molecule has 0 aliphatic rings. The van der Waals surface area contributed by atoms with Crippen molar-refractivity contribution < 1.29 is 10.4 Å². The minimum atomic E-state index is 0.180. The molecule has 0 saturated heterocycles. The van der Waals surface area contributed by atoms with Crippen LogP contribution in [-0.2, 0) is 0 Å². The van der Waals surface area contributed by atoms with Crippen LogP contribution in [0.5, 0.6) is 0 Å². The lowest BCUT2D eigenvalue weighted by Gasteiger charge is -1.97. The van der Waals surface area contributed by atoms with Gasteiger partial charge >= 0.3 is 0 Å². The zero-order valence-electron chi connectivity index (χ0n) is 7.90. The second-order valence-corrected chi connectivity index (χ2v) is 2.68. The fourth-order valence-electron chi connectivity index (χ4n) is 0.898. The van der Waals surface area contributed by atoms with Gasteiger partial charge in [0.25, 0.3) is 0 Å². The van der Waals surface area contributed by atoms with Crippen LogP contribution in [0.4, 0.5) is 0 Å². The van der Waals surface area contributed by atoms with Crippen molar-refractivity contribution in [3.63, 3.8) is 0 Å². The van der Waals surface area contributed by atoms with Crippen molar-refractivity contribution >= 4 is 12.1 Å². The molecule has 0 unspecified atom stereocenters. The summed E-state index contributed by atoms with van der Waals surface area (Å²) in [6.07, 6.45) is 5.56. The molecule has 0 fully saturated rings. The highest BCUT2D eigenvalue weighted by molar-refractivity contribution is 6.28. The zero-order chi connectivity index (χ0) is 9.94. The van der Waals surface area contributed by atoms with Crippen LogP contribution >= 0.6 is 0 Å². The largest absolute Gasteiger partial charge is 0.411 e. The lowest BCUT2D eigenvalue weighted by Crippen LogP contribution is -2.20. The monoisotopic (exact) mass is 187 g/mol. The van der Waals surface area contributed by atoms with E-state index in [1.165, 1.54) is 12.8 Å². The van der Waals surface area contributed by atoms with E-state index in [9.17, 15) is 0 Å². The molecule has 0 aromatic rings. The molecule has 0 spiro atoms. The van der Waals surface area contributed by atoms with E-state index in [1.54, 1.807) is 0 Å². The quantitative estimate of drug-likeness (QED) is 0.193. The number of rotatable bonds is 6. The standard InChI is InChI=1S/C8H17N3O2/c1-2-3-4-5-6-9-8(11-13)7-10-12/h7,12-13H,2-6H2,1H3,(H,9,11)/b10-7+. The Morgan fingerprint density at radius 2 is 2.15 bits per heavy atom. The van der Waals surface area contributed by atoms with Gasteiger partial charge in [-0.05, 0) is 6.42 Å². The number of aliphatic imine (C=N–C) groups is 1. The third kappa shape index (κ3) is 7.27. The molecule has 0 aliphatic carbocycles. The van der Waals surface area contributed by atoms with Gasteiger partial charge in [-0.15, -0.1) is 0 Å². The predicted molar refractivity (Wildman–Crippen MR) is 51.6 cm³/mol. The van der Waals surface area contributed by atoms with Crippen molar-refractivity contribution in [1.29, 1.82) is 0 Å². The maximum Gasteiger partial charge on any atom is 0.166 e. The summed E-state index contributed by atoms with van der Waals surface area (Å²) >= 11 is 0. The molecule has 13 heavy (non-hydrogen) atoms. The molecular weight excluding hydrogens is 170 g/mol. The van der Waals surface area contributed by atoms with Crippen LogP contribution in [0.2, 0.25) is 0 Å². The molecule has 5 heteroatoms. The van der Waals surface area contributed by atoms with Gasteiger partial charge in [0.05, 0.1) is 0 Å². The molecule has 0 rings (SSSR count). The van der Waals surface area contributed by atoms with Gasteiger partial charge in [0.1, 0.15) is 6.21 Å². The topological polar surface area (TPSA) is 77.2 Å². The predicted octanol–water partition coefficient (Wildman–Crippen LogP) is 1.40. The van der Waals surface area contributed by atoms with E-state index in [-0.39, 0.29) is 5.84 Å². The van der Waals surface area contributed by atoms with Crippen LogP contribution in [0, 0.1) is 0 Å². The molecule has 0 heterocycles. The van der Waals surface area contributed by atoms with Gasteiger partial charge in [0.2, 0.25) is 0 Å². The van der Waals surface area contributed by atoms with E-state index >= 15 is 0 Å². The van der Waals surface area contributed by atoms with Crippen LogP contribution in [0.25, 0.3) is 0 Å². The average molecular weight is 187 g/mol. The molecule has 0 aromatic heterocycles. The summed E-state index contributed by atoms with van der Waals surface area (Å²) in [6.45, 7) is 2.78. The molecule has 0 aliphatic heterocycles. The first-order valence-electron chi connectivity index (χ1n) is 4.47. The fraction of sp³-hybridized carbons (Fsp3) is 0.750. The number of hydrogen-bond donors (Lipinski definition) is 3. The number of oxime groups is 1. The van der Waals surface area contributed by atoms with E-state index in [1.807, 2.05) is 5.48 Å². The fourth-order valence-corrected chi connectivity index (χ4v) is 0.898. The summed E-state index contributed by atoms with van der Waals surface area (Å²) < 4.78 is 0. The van der Waals surface area contributed by atoms with Gasteiger partial charge in [0, 0.05) is 6.54 Å². The lowest BCUT2D eigenvalue weighted by molar-refractivity contribution is 0.236. The van der Waals surface area contributed by atoms with Gasteiger partial charge in [0.15, 0.2) is 5.84 Å². The van der Waals surface area contributed by atoms with Crippen molar-refractivity contribution in [2.45, 2.75) is 32.6 Å². The molecule has 0 bridgehead atoms. The van der Waals surface area contributed by atoms with E-state index in [0.717, 1.165) is 19.1 Å². The Balaban J connectivity index is 3.55. The summed E-state index contributed by atoms with van der Waals surface area (Å²) in [5.74, 6) is 0.180. The molecule has 3 N–H and O–H groups in total. The van der Waals surface area contributed by atoms with E-state index in [4.69, 9.17) is 10.4 Å².